The lowest BCUT2D eigenvalue weighted by Crippen LogP contribution is -2.14. The SMILES string of the molecule is CCOC(=O)c1cc(C(=O)Nc2ccc(S(=O)(=O)Nc3cc(Cl)cc(Cl)c3)cc2)nn1C. The summed E-state index contributed by atoms with van der Waals surface area (Å²) in [5.41, 5.74) is 0.688. The Morgan fingerprint density at radius 3 is 2.25 bits per heavy atom. The molecule has 3 rings (SSSR count). The van der Waals surface area contributed by atoms with Gasteiger partial charge in [0.2, 0.25) is 0 Å². The lowest BCUT2D eigenvalue weighted by Gasteiger charge is -2.10. The molecule has 32 heavy (non-hydrogen) atoms. The molecule has 1 heterocycles. The maximum atomic E-state index is 12.6. The Hall–Kier alpha value is -3.08. The monoisotopic (exact) mass is 496 g/mol. The predicted molar refractivity (Wildman–Crippen MR) is 121 cm³/mol. The molecule has 1 amide bonds. The van der Waals surface area contributed by atoms with Crippen LogP contribution in [0.5, 0.6) is 0 Å². The summed E-state index contributed by atoms with van der Waals surface area (Å²) in [4.78, 5) is 24.3. The maximum absolute atomic E-state index is 12.6. The van der Waals surface area contributed by atoms with Crippen LogP contribution in [-0.4, -0.2) is 36.7 Å². The number of carbonyl (C=O) groups excluding carboxylic acids is 2. The van der Waals surface area contributed by atoms with E-state index in [2.05, 4.69) is 15.1 Å². The predicted octanol–water partition coefficient (Wildman–Crippen LogP) is 3.96. The average molecular weight is 497 g/mol. The third-order valence-electron chi connectivity index (χ3n) is 4.13. The molecule has 2 aromatic carbocycles. The molecule has 0 radical (unpaired) electrons. The highest BCUT2D eigenvalue weighted by Crippen LogP contribution is 2.25. The summed E-state index contributed by atoms with van der Waals surface area (Å²) < 4.78 is 33.7. The van der Waals surface area contributed by atoms with Crippen molar-refractivity contribution in [2.24, 2.45) is 7.05 Å². The van der Waals surface area contributed by atoms with E-state index in [1.165, 1.54) is 60.3 Å². The number of nitrogens with one attached hydrogen (secondary N) is 2. The Bertz CT molecular complexity index is 1250. The topological polar surface area (TPSA) is 119 Å². The normalized spacial score (nSPS) is 11.1. The van der Waals surface area contributed by atoms with Gasteiger partial charge in [-0.3, -0.25) is 14.2 Å². The van der Waals surface area contributed by atoms with Gasteiger partial charge < -0.3 is 10.1 Å². The number of esters is 1. The van der Waals surface area contributed by atoms with Gasteiger partial charge in [0.25, 0.3) is 15.9 Å². The third-order valence-corrected chi connectivity index (χ3v) is 5.97. The highest BCUT2D eigenvalue weighted by Gasteiger charge is 2.19. The molecule has 0 fully saturated rings. The van der Waals surface area contributed by atoms with Crippen molar-refractivity contribution in [3.8, 4) is 0 Å². The molecule has 0 atom stereocenters. The number of amides is 1. The zero-order valence-corrected chi connectivity index (χ0v) is 19.3. The maximum Gasteiger partial charge on any atom is 0.356 e. The second-order valence-electron chi connectivity index (χ2n) is 6.50. The molecular formula is C20H18Cl2N4O5S. The molecule has 0 unspecified atom stereocenters. The van der Waals surface area contributed by atoms with Gasteiger partial charge in [-0.25, -0.2) is 13.2 Å². The first-order chi connectivity index (χ1) is 15.1. The fraction of sp³-hybridized carbons (Fsp3) is 0.150. The van der Waals surface area contributed by atoms with Crippen molar-refractivity contribution < 1.29 is 22.7 Å². The molecule has 0 saturated carbocycles. The lowest BCUT2D eigenvalue weighted by molar-refractivity contribution is 0.0513. The minimum Gasteiger partial charge on any atom is -0.461 e. The molecule has 2 N–H and O–H groups in total. The number of carbonyl (C=O) groups is 2. The minimum absolute atomic E-state index is 0.00625. The number of aromatic nitrogens is 2. The highest BCUT2D eigenvalue weighted by atomic mass is 35.5. The smallest absolute Gasteiger partial charge is 0.356 e. The minimum atomic E-state index is -3.91. The van der Waals surface area contributed by atoms with E-state index in [0.29, 0.717) is 5.69 Å². The van der Waals surface area contributed by atoms with E-state index in [9.17, 15) is 18.0 Å². The quantitative estimate of drug-likeness (QED) is 0.477. The van der Waals surface area contributed by atoms with Crippen molar-refractivity contribution in [1.82, 2.24) is 9.78 Å². The van der Waals surface area contributed by atoms with Gasteiger partial charge in [0.15, 0.2) is 5.69 Å². The van der Waals surface area contributed by atoms with Crippen LogP contribution >= 0.6 is 23.2 Å². The number of benzene rings is 2. The van der Waals surface area contributed by atoms with Crippen molar-refractivity contribution in [3.05, 3.63) is 70.0 Å². The van der Waals surface area contributed by atoms with Crippen LogP contribution in [0.2, 0.25) is 10.0 Å². The van der Waals surface area contributed by atoms with Gasteiger partial charge in [-0.2, -0.15) is 5.10 Å². The van der Waals surface area contributed by atoms with E-state index in [1.807, 2.05) is 0 Å². The van der Waals surface area contributed by atoms with E-state index < -0.39 is 21.9 Å². The van der Waals surface area contributed by atoms with Crippen LogP contribution in [0.25, 0.3) is 0 Å². The number of rotatable bonds is 7. The second-order valence-corrected chi connectivity index (χ2v) is 9.06. The molecule has 0 aliphatic heterocycles. The molecule has 12 heteroatoms. The van der Waals surface area contributed by atoms with Gasteiger partial charge >= 0.3 is 5.97 Å². The fourth-order valence-electron chi connectivity index (χ4n) is 2.71. The number of hydrogen-bond donors (Lipinski definition) is 2. The Balaban J connectivity index is 1.72. The number of sulfonamides is 1. The Labute approximate surface area is 194 Å². The first-order valence-electron chi connectivity index (χ1n) is 9.20. The van der Waals surface area contributed by atoms with Crippen LogP contribution in [0.3, 0.4) is 0 Å². The van der Waals surface area contributed by atoms with E-state index >= 15 is 0 Å². The summed E-state index contributed by atoms with van der Waals surface area (Å²) in [6.07, 6.45) is 0. The van der Waals surface area contributed by atoms with E-state index in [4.69, 9.17) is 27.9 Å². The van der Waals surface area contributed by atoms with Crippen molar-refractivity contribution in [3.63, 3.8) is 0 Å². The summed E-state index contributed by atoms with van der Waals surface area (Å²) in [6, 6.07) is 11.1. The zero-order chi connectivity index (χ0) is 23.5. The summed E-state index contributed by atoms with van der Waals surface area (Å²) in [7, 11) is -2.39. The molecule has 9 nitrogen and oxygen atoms in total. The third kappa shape index (κ3) is 5.58. The molecule has 0 saturated heterocycles. The first kappa shape index (κ1) is 23.6. The van der Waals surface area contributed by atoms with Crippen molar-refractivity contribution in [1.29, 1.82) is 0 Å². The van der Waals surface area contributed by atoms with Gasteiger partial charge in [-0.05, 0) is 49.4 Å². The lowest BCUT2D eigenvalue weighted by atomic mass is 10.3. The van der Waals surface area contributed by atoms with Crippen LogP contribution in [0, 0.1) is 0 Å². The number of ether oxygens (including phenoxy) is 1. The fourth-order valence-corrected chi connectivity index (χ4v) is 4.28. The largest absolute Gasteiger partial charge is 0.461 e. The van der Waals surface area contributed by atoms with E-state index in [1.54, 1.807) is 6.92 Å². The molecular weight excluding hydrogens is 479 g/mol. The van der Waals surface area contributed by atoms with Crippen LogP contribution in [0.4, 0.5) is 11.4 Å². The van der Waals surface area contributed by atoms with Gasteiger partial charge in [0, 0.05) is 28.8 Å². The van der Waals surface area contributed by atoms with Gasteiger partial charge in [0.05, 0.1) is 17.2 Å². The number of halogens is 2. The Morgan fingerprint density at radius 2 is 1.66 bits per heavy atom. The van der Waals surface area contributed by atoms with Crippen LogP contribution in [0.1, 0.15) is 27.9 Å². The van der Waals surface area contributed by atoms with Crippen molar-refractivity contribution in [2.75, 3.05) is 16.6 Å². The molecule has 168 valence electrons. The summed E-state index contributed by atoms with van der Waals surface area (Å²) >= 11 is 11.8. The van der Waals surface area contributed by atoms with Gasteiger partial charge in [0.1, 0.15) is 5.69 Å². The first-order valence-corrected chi connectivity index (χ1v) is 11.4. The van der Waals surface area contributed by atoms with Crippen molar-refractivity contribution >= 4 is 56.5 Å². The number of anilines is 2. The number of nitrogens with zero attached hydrogens (tertiary/aromatic N) is 2. The molecule has 0 aliphatic rings. The zero-order valence-electron chi connectivity index (χ0n) is 16.9. The molecule has 3 aromatic rings. The molecule has 0 spiro atoms. The summed E-state index contributed by atoms with van der Waals surface area (Å²) in [5.74, 6) is -1.16. The highest BCUT2D eigenvalue weighted by molar-refractivity contribution is 7.92. The van der Waals surface area contributed by atoms with Crippen LogP contribution in [-0.2, 0) is 21.8 Å². The van der Waals surface area contributed by atoms with Crippen LogP contribution < -0.4 is 10.0 Å². The Morgan fingerprint density at radius 1 is 1.03 bits per heavy atom. The van der Waals surface area contributed by atoms with Crippen molar-refractivity contribution in [2.45, 2.75) is 11.8 Å². The van der Waals surface area contributed by atoms with Crippen LogP contribution in [0.15, 0.2) is 53.4 Å². The average Bonchev–Trinajstić information content (AvgIpc) is 3.09. The van der Waals surface area contributed by atoms with E-state index in [-0.39, 0.29) is 38.6 Å². The van der Waals surface area contributed by atoms with E-state index in [0.717, 1.165) is 0 Å². The standard InChI is InChI=1S/C20H18Cl2N4O5S/c1-3-31-20(28)18-11-17(24-26(18)2)19(27)23-14-4-6-16(7-5-14)32(29,30)25-15-9-12(21)8-13(22)10-15/h4-11,25H,3H2,1-2H3,(H,23,27). The second kappa shape index (κ2) is 9.60. The Kier molecular flexibility index (Phi) is 7.07. The number of aryl methyl sites for hydroxylation is 1. The van der Waals surface area contributed by atoms with Gasteiger partial charge in [-0.1, -0.05) is 23.2 Å². The summed E-state index contributed by atoms with van der Waals surface area (Å²) in [6.45, 7) is 1.87. The van der Waals surface area contributed by atoms with Gasteiger partial charge in [-0.15, -0.1) is 0 Å². The number of hydrogen-bond acceptors (Lipinski definition) is 6. The summed E-state index contributed by atoms with van der Waals surface area (Å²) in [5, 5.41) is 7.17. The molecule has 0 bridgehead atoms. The molecule has 1 aromatic heterocycles. The molecule has 0 aliphatic carbocycles.